The number of carbonyl (C=O) groups is 1. The molecular weight excluding hydrogens is 244 g/mol. The molecule has 0 spiro atoms. The van der Waals surface area contributed by atoms with Crippen LogP contribution in [0.1, 0.15) is 17.4 Å². The van der Waals surface area contributed by atoms with E-state index in [1.807, 2.05) is 0 Å². The van der Waals surface area contributed by atoms with Gasteiger partial charge in [-0.1, -0.05) is 17.7 Å². The highest BCUT2D eigenvalue weighted by atomic mass is 35.5. The minimum Gasteiger partial charge on any atom is -0.354 e. The van der Waals surface area contributed by atoms with Crippen molar-refractivity contribution in [3.63, 3.8) is 0 Å². The summed E-state index contributed by atoms with van der Waals surface area (Å²) in [6.07, 6.45) is -0.502. The molecule has 0 radical (unpaired) electrons. The highest BCUT2D eigenvalue weighted by Gasteiger charge is 2.19. The summed E-state index contributed by atoms with van der Waals surface area (Å²) in [5.74, 6) is -0.320. The normalized spacial score (nSPS) is 12.5. The Balaban J connectivity index is 2.66. The van der Waals surface area contributed by atoms with E-state index in [9.17, 15) is 4.79 Å². The monoisotopic (exact) mass is 258 g/mol. The van der Waals surface area contributed by atoms with Gasteiger partial charge in [0.15, 0.2) is 6.29 Å². The Morgan fingerprint density at radius 3 is 2.59 bits per heavy atom. The molecule has 1 aromatic heterocycles. The fourth-order valence-corrected chi connectivity index (χ4v) is 1.55. The molecule has 1 rings (SSSR count). The van der Waals surface area contributed by atoms with Crippen molar-refractivity contribution in [1.29, 1.82) is 0 Å². The van der Waals surface area contributed by atoms with E-state index in [0.717, 1.165) is 0 Å². The van der Waals surface area contributed by atoms with E-state index in [1.54, 1.807) is 25.1 Å². The van der Waals surface area contributed by atoms with Crippen LogP contribution in [0.15, 0.2) is 18.2 Å². The average molecular weight is 259 g/mol. The molecule has 0 saturated carbocycles. The molecule has 1 atom stereocenters. The Bertz CT molecular complexity index is 383. The molecular formula is C11H15ClN2O3. The number of nitrogens with one attached hydrogen (secondary N) is 1. The number of aromatic nitrogens is 1. The molecule has 0 aliphatic heterocycles. The SMILES string of the molecule is COC(OC)C(C)NC(=O)c1cccc(Cl)n1. The molecule has 1 aromatic rings. The topological polar surface area (TPSA) is 60.5 Å². The zero-order valence-electron chi connectivity index (χ0n) is 9.94. The van der Waals surface area contributed by atoms with Crippen LogP contribution in [0.5, 0.6) is 0 Å². The van der Waals surface area contributed by atoms with Crippen LogP contribution in [0.2, 0.25) is 5.15 Å². The maximum Gasteiger partial charge on any atom is 0.270 e. The molecule has 17 heavy (non-hydrogen) atoms. The second kappa shape index (κ2) is 6.54. The zero-order chi connectivity index (χ0) is 12.8. The first-order valence-corrected chi connectivity index (χ1v) is 5.45. The van der Waals surface area contributed by atoms with Crippen molar-refractivity contribution >= 4 is 17.5 Å². The number of ether oxygens (including phenoxy) is 2. The molecule has 6 heteroatoms. The van der Waals surface area contributed by atoms with E-state index in [2.05, 4.69) is 10.3 Å². The second-order valence-corrected chi connectivity index (χ2v) is 3.83. The molecule has 1 heterocycles. The van der Waals surface area contributed by atoms with Gasteiger partial charge in [0, 0.05) is 14.2 Å². The second-order valence-electron chi connectivity index (χ2n) is 3.45. The van der Waals surface area contributed by atoms with Crippen molar-refractivity contribution in [2.45, 2.75) is 19.3 Å². The predicted octanol–water partition coefficient (Wildman–Crippen LogP) is 1.47. The Labute approximate surface area is 105 Å². The predicted molar refractivity (Wildman–Crippen MR) is 64.0 cm³/mol. The maximum atomic E-state index is 11.8. The molecule has 94 valence electrons. The highest BCUT2D eigenvalue weighted by Crippen LogP contribution is 2.06. The van der Waals surface area contributed by atoms with Crippen LogP contribution in [0.4, 0.5) is 0 Å². The third kappa shape index (κ3) is 3.96. The third-order valence-corrected chi connectivity index (χ3v) is 2.39. The van der Waals surface area contributed by atoms with E-state index < -0.39 is 6.29 Å². The molecule has 0 bridgehead atoms. The summed E-state index contributed by atoms with van der Waals surface area (Å²) < 4.78 is 10.1. The van der Waals surface area contributed by atoms with E-state index in [-0.39, 0.29) is 22.8 Å². The number of amides is 1. The van der Waals surface area contributed by atoms with E-state index in [4.69, 9.17) is 21.1 Å². The summed E-state index contributed by atoms with van der Waals surface area (Å²) in [5, 5.41) is 2.99. The fraction of sp³-hybridized carbons (Fsp3) is 0.455. The van der Waals surface area contributed by atoms with Crippen molar-refractivity contribution in [1.82, 2.24) is 10.3 Å². The van der Waals surface area contributed by atoms with Gasteiger partial charge >= 0.3 is 0 Å². The number of carbonyl (C=O) groups excluding carboxylic acids is 1. The third-order valence-electron chi connectivity index (χ3n) is 2.18. The number of hydrogen-bond donors (Lipinski definition) is 1. The van der Waals surface area contributed by atoms with Crippen molar-refractivity contribution in [3.8, 4) is 0 Å². The van der Waals surface area contributed by atoms with Crippen LogP contribution < -0.4 is 5.32 Å². The summed E-state index contributed by atoms with van der Waals surface area (Å²) in [6.45, 7) is 1.78. The molecule has 0 aromatic carbocycles. The van der Waals surface area contributed by atoms with Gasteiger partial charge in [-0.2, -0.15) is 0 Å². The summed E-state index contributed by atoms with van der Waals surface area (Å²) in [6, 6.07) is 4.56. The van der Waals surface area contributed by atoms with Crippen molar-refractivity contribution in [3.05, 3.63) is 29.0 Å². The van der Waals surface area contributed by atoms with Crippen molar-refractivity contribution in [2.75, 3.05) is 14.2 Å². The lowest BCUT2D eigenvalue weighted by Crippen LogP contribution is -2.43. The number of pyridine rings is 1. The van der Waals surface area contributed by atoms with Gasteiger partial charge in [-0.15, -0.1) is 0 Å². The van der Waals surface area contributed by atoms with E-state index in [1.165, 1.54) is 14.2 Å². The minimum atomic E-state index is -0.502. The fourth-order valence-electron chi connectivity index (χ4n) is 1.39. The van der Waals surface area contributed by atoms with E-state index >= 15 is 0 Å². The van der Waals surface area contributed by atoms with Crippen molar-refractivity contribution in [2.24, 2.45) is 0 Å². The van der Waals surface area contributed by atoms with Gasteiger partial charge < -0.3 is 14.8 Å². The summed E-state index contributed by atoms with van der Waals surface area (Å²) >= 11 is 5.70. The molecule has 0 saturated heterocycles. The van der Waals surface area contributed by atoms with Crippen LogP contribution in [-0.2, 0) is 9.47 Å². The molecule has 0 aliphatic carbocycles. The van der Waals surface area contributed by atoms with Crippen molar-refractivity contribution < 1.29 is 14.3 Å². The first-order valence-electron chi connectivity index (χ1n) is 5.07. The Morgan fingerprint density at radius 2 is 2.06 bits per heavy atom. The Hall–Kier alpha value is -1.17. The summed E-state index contributed by atoms with van der Waals surface area (Å²) in [7, 11) is 3.02. The Morgan fingerprint density at radius 1 is 1.41 bits per heavy atom. The minimum absolute atomic E-state index is 0.260. The molecule has 1 N–H and O–H groups in total. The molecule has 0 fully saturated rings. The quantitative estimate of drug-likeness (QED) is 0.642. The zero-order valence-corrected chi connectivity index (χ0v) is 10.7. The summed E-state index contributed by atoms with van der Waals surface area (Å²) in [4.78, 5) is 15.7. The molecule has 1 unspecified atom stereocenters. The van der Waals surface area contributed by atoms with Gasteiger partial charge in [-0.05, 0) is 19.1 Å². The largest absolute Gasteiger partial charge is 0.354 e. The van der Waals surface area contributed by atoms with Gasteiger partial charge in [0.2, 0.25) is 0 Å². The van der Waals surface area contributed by atoms with Crippen LogP contribution in [-0.4, -0.2) is 37.4 Å². The molecule has 0 aliphatic rings. The van der Waals surface area contributed by atoms with Gasteiger partial charge in [-0.3, -0.25) is 4.79 Å². The highest BCUT2D eigenvalue weighted by molar-refractivity contribution is 6.29. The lowest BCUT2D eigenvalue weighted by atomic mass is 10.3. The van der Waals surface area contributed by atoms with Gasteiger partial charge in [0.1, 0.15) is 10.8 Å². The summed E-state index contributed by atoms with van der Waals surface area (Å²) in [5.41, 5.74) is 0.260. The first-order chi connectivity index (χ1) is 8.08. The standard InChI is InChI=1S/C11H15ClN2O3/c1-7(11(16-2)17-3)13-10(15)8-5-4-6-9(12)14-8/h4-7,11H,1-3H3,(H,13,15). The molecule has 1 amide bonds. The number of methoxy groups -OCH3 is 2. The maximum absolute atomic E-state index is 11.8. The van der Waals surface area contributed by atoms with Crippen LogP contribution >= 0.6 is 11.6 Å². The van der Waals surface area contributed by atoms with Crippen LogP contribution in [0, 0.1) is 0 Å². The smallest absolute Gasteiger partial charge is 0.270 e. The number of rotatable bonds is 5. The average Bonchev–Trinajstić information content (AvgIpc) is 2.30. The van der Waals surface area contributed by atoms with E-state index in [0.29, 0.717) is 0 Å². The Kier molecular flexibility index (Phi) is 5.34. The van der Waals surface area contributed by atoms with Crippen LogP contribution in [0.25, 0.3) is 0 Å². The number of hydrogen-bond acceptors (Lipinski definition) is 4. The number of halogens is 1. The van der Waals surface area contributed by atoms with Crippen LogP contribution in [0.3, 0.4) is 0 Å². The van der Waals surface area contributed by atoms with Gasteiger partial charge in [-0.25, -0.2) is 4.98 Å². The lowest BCUT2D eigenvalue weighted by Gasteiger charge is -2.21. The van der Waals surface area contributed by atoms with Gasteiger partial charge in [0.05, 0.1) is 6.04 Å². The van der Waals surface area contributed by atoms with Gasteiger partial charge in [0.25, 0.3) is 5.91 Å². The first kappa shape index (κ1) is 13.9. The lowest BCUT2D eigenvalue weighted by molar-refractivity contribution is -0.117. The number of nitrogens with zero attached hydrogens (tertiary/aromatic N) is 1. The molecule has 5 nitrogen and oxygen atoms in total.